The van der Waals surface area contributed by atoms with Crippen molar-refractivity contribution >= 4 is 23.3 Å². The zero-order valence-electron chi connectivity index (χ0n) is 16.4. The Morgan fingerprint density at radius 1 is 1.17 bits per heavy atom. The van der Waals surface area contributed by atoms with Crippen LogP contribution in [0.4, 0.5) is 15.8 Å². The minimum Gasteiger partial charge on any atom is -0.452 e. The third-order valence-electron chi connectivity index (χ3n) is 4.21. The quantitative estimate of drug-likeness (QED) is 0.382. The molecule has 29 heavy (non-hydrogen) atoms. The molecule has 0 saturated heterocycles. The Morgan fingerprint density at radius 2 is 1.90 bits per heavy atom. The number of benzene rings is 2. The van der Waals surface area contributed by atoms with Crippen molar-refractivity contribution in [3.8, 4) is 0 Å². The number of likely N-dealkylation sites (N-methyl/N-ethyl adjacent to an activating group) is 1. The molecule has 0 heterocycles. The summed E-state index contributed by atoms with van der Waals surface area (Å²) >= 11 is 0. The van der Waals surface area contributed by atoms with Crippen LogP contribution in [0, 0.1) is 15.9 Å². The number of halogens is 1. The van der Waals surface area contributed by atoms with Gasteiger partial charge in [-0.25, -0.2) is 9.18 Å². The van der Waals surface area contributed by atoms with Crippen LogP contribution in [0.1, 0.15) is 22.8 Å². The zero-order chi connectivity index (χ0) is 21.6. The van der Waals surface area contributed by atoms with E-state index in [1.807, 2.05) is 0 Å². The van der Waals surface area contributed by atoms with Crippen LogP contribution < -0.4 is 4.90 Å². The van der Waals surface area contributed by atoms with Crippen LogP contribution in [0.2, 0.25) is 0 Å². The summed E-state index contributed by atoms with van der Waals surface area (Å²) in [4.78, 5) is 38.2. The highest BCUT2D eigenvalue weighted by Gasteiger charge is 2.21. The SMILES string of the molecule is CCN(Cc1cccc(F)c1)C(=O)COC(=O)c1ccc(N(C)C)c([N+](=O)[O-])c1. The summed E-state index contributed by atoms with van der Waals surface area (Å²) < 4.78 is 18.3. The van der Waals surface area contributed by atoms with Gasteiger partial charge in [-0.2, -0.15) is 0 Å². The summed E-state index contributed by atoms with van der Waals surface area (Å²) in [7, 11) is 3.30. The minimum absolute atomic E-state index is 0.0247. The second kappa shape index (κ2) is 9.63. The third-order valence-corrected chi connectivity index (χ3v) is 4.21. The molecule has 0 atom stereocenters. The van der Waals surface area contributed by atoms with Gasteiger partial charge < -0.3 is 14.5 Å². The number of carbonyl (C=O) groups is 2. The number of nitrogens with zero attached hydrogens (tertiary/aromatic N) is 3. The summed E-state index contributed by atoms with van der Waals surface area (Å²) in [5.41, 5.74) is 0.691. The molecule has 0 spiro atoms. The normalized spacial score (nSPS) is 10.3. The predicted molar refractivity (Wildman–Crippen MR) is 105 cm³/mol. The molecule has 0 bridgehead atoms. The van der Waals surface area contributed by atoms with Gasteiger partial charge in [-0.3, -0.25) is 14.9 Å². The Morgan fingerprint density at radius 3 is 2.48 bits per heavy atom. The molecule has 0 saturated carbocycles. The van der Waals surface area contributed by atoms with Crippen LogP contribution in [0.25, 0.3) is 0 Å². The molecule has 0 aromatic heterocycles. The Kier molecular flexibility index (Phi) is 7.24. The highest BCUT2D eigenvalue weighted by atomic mass is 19.1. The molecule has 0 radical (unpaired) electrons. The average Bonchev–Trinajstić information content (AvgIpc) is 2.69. The van der Waals surface area contributed by atoms with Gasteiger partial charge in [0.05, 0.1) is 10.5 Å². The van der Waals surface area contributed by atoms with Crippen LogP contribution in [0.15, 0.2) is 42.5 Å². The van der Waals surface area contributed by atoms with E-state index in [0.29, 0.717) is 17.8 Å². The maximum Gasteiger partial charge on any atom is 0.338 e. The Labute approximate surface area is 167 Å². The molecule has 2 aromatic rings. The fourth-order valence-electron chi connectivity index (χ4n) is 2.71. The number of ether oxygens (including phenoxy) is 1. The Hall–Kier alpha value is -3.49. The van der Waals surface area contributed by atoms with Gasteiger partial charge in [-0.1, -0.05) is 12.1 Å². The first kappa shape index (κ1) is 21.8. The number of hydrogen-bond donors (Lipinski definition) is 0. The third kappa shape index (κ3) is 5.74. The van der Waals surface area contributed by atoms with E-state index in [1.165, 1.54) is 29.2 Å². The first-order chi connectivity index (χ1) is 13.7. The van der Waals surface area contributed by atoms with Gasteiger partial charge >= 0.3 is 5.97 Å². The monoisotopic (exact) mass is 403 g/mol. The number of anilines is 1. The van der Waals surface area contributed by atoms with E-state index in [2.05, 4.69) is 0 Å². The molecule has 0 aliphatic carbocycles. The van der Waals surface area contributed by atoms with Crippen LogP contribution in [-0.4, -0.2) is 48.9 Å². The zero-order valence-corrected chi connectivity index (χ0v) is 16.4. The fourth-order valence-corrected chi connectivity index (χ4v) is 2.71. The minimum atomic E-state index is -0.839. The Bertz CT molecular complexity index is 917. The maximum atomic E-state index is 13.3. The molecule has 0 aliphatic heterocycles. The molecule has 1 amide bonds. The lowest BCUT2D eigenvalue weighted by Gasteiger charge is -2.21. The van der Waals surface area contributed by atoms with Gasteiger partial charge in [-0.15, -0.1) is 0 Å². The van der Waals surface area contributed by atoms with E-state index < -0.39 is 29.2 Å². The second-order valence-electron chi connectivity index (χ2n) is 6.47. The topological polar surface area (TPSA) is 93.0 Å². The van der Waals surface area contributed by atoms with E-state index in [4.69, 9.17) is 4.74 Å². The van der Waals surface area contributed by atoms with Crippen LogP contribution >= 0.6 is 0 Å². The summed E-state index contributed by atoms with van der Waals surface area (Å²) in [6, 6.07) is 9.84. The molecule has 0 aliphatic rings. The fraction of sp³-hybridized carbons (Fsp3) is 0.300. The average molecular weight is 403 g/mol. The van der Waals surface area contributed by atoms with Crippen LogP contribution in [-0.2, 0) is 16.1 Å². The predicted octanol–water partition coefficient (Wildman–Crippen LogP) is 3.01. The van der Waals surface area contributed by atoms with Gasteiger partial charge in [0.1, 0.15) is 11.5 Å². The van der Waals surface area contributed by atoms with Crippen molar-refractivity contribution in [2.45, 2.75) is 13.5 Å². The van der Waals surface area contributed by atoms with E-state index in [0.717, 1.165) is 6.07 Å². The number of nitro benzene ring substituents is 1. The summed E-state index contributed by atoms with van der Waals surface area (Å²) in [5.74, 6) is -1.70. The van der Waals surface area contributed by atoms with Crippen LogP contribution in [0.5, 0.6) is 0 Å². The smallest absolute Gasteiger partial charge is 0.338 e. The van der Waals surface area contributed by atoms with E-state index in [1.54, 1.807) is 38.1 Å². The van der Waals surface area contributed by atoms with Crippen molar-refractivity contribution in [1.82, 2.24) is 4.90 Å². The highest BCUT2D eigenvalue weighted by Crippen LogP contribution is 2.28. The van der Waals surface area contributed by atoms with Gasteiger partial charge in [0, 0.05) is 33.3 Å². The summed E-state index contributed by atoms with van der Waals surface area (Å²) in [6.07, 6.45) is 0. The van der Waals surface area contributed by atoms with E-state index in [-0.39, 0.29) is 17.8 Å². The first-order valence-corrected chi connectivity index (χ1v) is 8.88. The molecular weight excluding hydrogens is 381 g/mol. The lowest BCUT2D eigenvalue weighted by Crippen LogP contribution is -2.34. The molecule has 8 nitrogen and oxygen atoms in total. The first-order valence-electron chi connectivity index (χ1n) is 8.88. The standard InChI is InChI=1S/C20H22FN3O5/c1-4-23(12-14-6-5-7-16(21)10-14)19(25)13-29-20(26)15-8-9-17(22(2)3)18(11-15)24(27)28/h5-11H,4,12-13H2,1-3H3. The molecule has 9 heteroatoms. The van der Waals surface area contributed by atoms with Crippen molar-refractivity contribution in [2.75, 3.05) is 32.1 Å². The van der Waals surface area contributed by atoms with Crippen molar-refractivity contribution in [3.05, 3.63) is 69.5 Å². The number of amides is 1. The molecule has 2 aromatic carbocycles. The van der Waals surface area contributed by atoms with Crippen molar-refractivity contribution in [2.24, 2.45) is 0 Å². The molecule has 154 valence electrons. The van der Waals surface area contributed by atoms with Gasteiger partial charge in [-0.05, 0) is 36.8 Å². The maximum absolute atomic E-state index is 13.3. The highest BCUT2D eigenvalue weighted by molar-refractivity contribution is 5.93. The summed E-state index contributed by atoms with van der Waals surface area (Å²) in [5, 5.41) is 11.2. The largest absolute Gasteiger partial charge is 0.452 e. The lowest BCUT2D eigenvalue weighted by atomic mass is 10.1. The molecule has 2 rings (SSSR count). The van der Waals surface area contributed by atoms with Crippen molar-refractivity contribution in [1.29, 1.82) is 0 Å². The number of nitro groups is 1. The number of hydrogen-bond acceptors (Lipinski definition) is 6. The van der Waals surface area contributed by atoms with E-state index in [9.17, 15) is 24.1 Å². The molecule has 0 unspecified atom stereocenters. The van der Waals surface area contributed by atoms with Crippen molar-refractivity contribution < 1.29 is 23.6 Å². The summed E-state index contributed by atoms with van der Waals surface area (Å²) in [6.45, 7) is 1.75. The number of rotatable bonds is 8. The van der Waals surface area contributed by atoms with Gasteiger partial charge in [0.15, 0.2) is 6.61 Å². The second-order valence-corrected chi connectivity index (χ2v) is 6.47. The number of esters is 1. The van der Waals surface area contributed by atoms with Gasteiger partial charge in [0.2, 0.25) is 0 Å². The van der Waals surface area contributed by atoms with Crippen molar-refractivity contribution in [3.63, 3.8) is 0 Å². The lowest BCUT2D eigenvalue weighted by molar-refractivity contribution is -0.384. The van der Waals surface area contributed by atoms with Crippen LogP contribution in [0.3, 0.4) is 0 Å². The van der Waals surface area contributed by atoms with E-state index >= 15 is 0 Å². The Balaban J connectivity index is 2.04. The van der Waals surface area contributed by atoms with Gasteiger partial charge in [0.25, 0.3) is 11.6 Å². The molecular formula is C20H22FN3O5. The molecule has 0 fully saturated rings. The number of carbonyl (C=O) groups excluding carboxylic acids is 2. The molecule has 0 N–H and O–H groups in total.